The minimum Gasteiger partial charge on any atom is -0.507 e. The van der Waals surface area contributed by atoms with Crippen LogP contribution < -0.4 is 5.43 Å². The largest absolute Gasteiger partial charge is 0.507 e. The summed E-state index contributed by atoms with van der Waals surface area (Å²) in [5, 5.41) is 33.1. The second-order valence-electron chi connectivity index (χ2n) is 6.01. The molecule has 0 saturated heterocycles. The third kappa shape index (κ3) is 4.22. The molecule has 0 aliphatic rings. The number of aromatic nitrogens is 3. The summed E-state index contributed by atoms with van der Waals surface area (Å²) in [6, 6.07) is 10.1. The minimum absolute atomic E-state index is 0.0166. The molecule has 0 saturated carbocycles. The number of nitro groups is 1. The third-order valence-electron chi connectivity index (χ3n) is 4.05. The lowest BCUT2D eigenvalue weighted by atomic mass is 10.2. The molecule has 29 heavy (non-hydrogen) atoms. The van der Waals surface area contributed by atoms with Gasteiger partial charge >= 0.3 is 0 Å². The van der Waals surface area contributed by atoms with Gasteiger partial charge in [-0.25, -0.2) is 10.1 Å². The van der Waals surface area contributed by atoms with Crippen molar-refractivity contribution in [2.45, 2.75) is 13.8 Å². The average Bonchev–Trinajstić information content (AvgIpc) is 3.07. The maximum atomic E-state index is 12.2. The Labute approximate surface area is 169 Å². The number of nitro benzene ring substituents is 1. The summed E-state index contributed by atoms with van der Waals surface area (Å²) in [4.78, 5) is 22.7. The number of nitrogens with zero attached hydrogens (tertiary/aromatic N) is 5. The van der Waals surface area contributed by atoms with E-state index in [9.17, 15) is 20.0 Å². The van der Waals surface area contributed by atoms with E-state index in [1.807, 2.05) is 0 Å². The van der Waals surface area contributed by atoms with Crippen LogP contribution in [0.1, 0.15) is 28.7 Å². The van der Waals surface area contributed by atoms with E-state index in [0.29, 0.717) is 27.8 Å². The number of halogens is 1. The molecule has 10 nitrogen and oxygen atoms in total. The fraction of sp³-hybridized carbons (Fsp3) is 0.111. The van der Waals surface area contributed by atoms with Crippen molar-refractivity contribution in [3.05, 3.63) is 74.6 Å². The van der Waals surface area contributed by atoms with Crippen molar-refractivity contribution in [3.8, 4) is 11.4 Å². The highest BCUT2D eigenvalue weighted by Gasteiger charge is 2.16. The van der Waals surface area contributed by atoms with E-state index in [1.165, 1.54) is 35.0 Å². The normalized spacial score (nSPS) is 11.3. The number of hydrazone groups is 1. The van der Waals surface area contributed by atoms with Gasteiger partial charge in [0.1, 0.15) is 11.4 Å². The SMILES string of the molecule is C/C(=N/NC(=O)c1ccc(Cl)cc1O)c1nnn(-c2cccc([N+](=O)[O-])c2)c1C. The molecule has 2 aromatic carbocycles. The van der Waals surface area contributed by atoms with Crippen molar-refractivity contribution in [2.24, 2.45) is 5.10 Å². The molecule has 1 heterocycles. The first-order chi connectivity index (χ1) is 13.8. The molecule has 0 fully saturated rings. The van der Waals surface area contributed by atoms with Gasteiger partial charge in [-0.3, -0.25) is 14.9 Å². The molecular weight excluding hydrogens is 400 g/mol. The predicted molar refractivity (Wildman–Crippen MR) is 106 cm³/mol. The Morgan fingerprint density at radius 3 is 2.76 bits per heavy atom. The van der Waals surface area contributed by atoms with E-state index >= 15 is 0 Å². The Morgan fingerprint density at radius 1 is 1.31 bits per heavy atom. The van der Waals surface area contributed by atoms with Gasteiger partial charge in [0.2, 0.25) is 0 Å². The number of rotatable bonds is 5. The van der Waals surface area contributed by atoms with Crippen LogP contribution in [0.5, 0.6) is 5.75 Å². The zero-order chi connectivity index (χ0) is 21.1. The standard InChI is InChI=1S/C18H15ClN6O4/c1-10(20-22-18(27)15-7-6-12(19)8-16(15)26)17-11(2)24(23-21-17)13-4-3-5-14(9-13)25(28)29/h3-9,26H,1-2H3,(H,22,27)/b20-10-. The lowest BCUT2D eigenvalue weighted by molar-refractivity contribution is -0.384. The van der Waals surface area contributed by atoms with Crippen LogP contribution >= 0.6 is 11.6 Å². The van der Waals surface area contributed by atoms with E-state index < -0.39 is 10.8 Å². The first kappa shape index (κ1) is 20.0. The van der Waals surface area contributed by atoms with Crippen LogP contribution in [0, 0.1) is 17.0 Å². The molecule has 1 aromatic heterocycles. The van der Waals surface area contributed by atoms with Crippen molar-refractivity contribution >= 4 is 28.9 Å². The Balaban J connectivity index is 1.83. The second kappa shape index (κ2) is 8.07. The highest BCUT2D eigenvalue weighted by Crippen LogP contribution is 2.22. The van der Waals surface area contributed by atoms with Crippen molar-refractivity contribution in [1.82, 2.24) is 20.4 Å². The number of benzene rings is 2. The number of phenols is 1. The number of hydrogen-bond acceptors (Lipinski definition) is 7. The highest BCUT2D eigenvalue weighted by atomic mass is 35.5. The van der Waals surface area contributed by atoms with Crippen LogP contribution in [0.15, 0.2) is 47.6 Å². The maximum Gasteiger partial charge on any atom is 0.275 e. The molecule has 0 bridgehead atoms. The Morgan fingerprint density at radius 2 is 2.07 bits per heavy atom. The molecule has 0 aliphatic carbocycles. The summed E-state index contributed by atoms with van der Waals surface area (Å²) in [5.41, 5.74) is 4.10. The number of amides is 1. The fourth-order valence-electron chi connectivity index (χ4n) is 2.59. The van der Waals surface area contributed by atoms with Gasteiger partial charge < -0.3 is 5.11 Å². The molecule has 3 rings (SSSR count). The molecule has 2 N–H and O–H groups in total. The first-order valence-corrected chi connectivity index (χ1v) is 8.66. The van der Waals surface area contributed by atoms with Gasteiger partial charge in [0, 0.05) is 17.2 Å². The zero-order valence-corrected chi connectivity index (χ0v) is 16.1. The van der Waals surface area contributed by atoms with Crippen LogP contribution in [0.3, 0.4) is 0 Å². The number of nitrogens with one attached hydrogen (secondary N) is 1. The van der Waals surface area contributed by atoms with Gasteiger partial charge in [0.05, 0.1) is 27.6 Å². The molecule has 0 spiro atoms. The topological polar surface area (TPSA) is 136 Å². The average molecular weight is 415 g/mol. The van der Waals surface area contributed by atoms with E-state index in [-0.39, 0.29) is 17.0 Å². The molecule has 148 valence electrons. The summed E-state index contributed by atoms with van der Waals surface area (Å²) in [7, 11) is 0. The van der Waals surface area contributed by atoms with Crippen LogP contribution in [0.4, 0.5) is 5.69 Å². The maximum absolute atomic E-state index is 12.2. The Kier molecular flexibility index (Phi) is 5.55. The van der Waals surface area contributed by atoms with Crippen molar-refractivity contribution in [3.63, 3.8) is 0 Å². The lowest BCUT2D eigenvalue weighted by Gasteiger charge is -2.05. The summed E-state index contributed by atoms with van der Waals surface area (Å²) < 4.78 is 1.44. The summed E-state index contributed by atoms with van der Waals surface area (Å²) in [6.07, 6.45) is 0. The molecule has 0 radical (unpaired) electrons. The van der Waals surface area contributed by atoms with Crippen molar-refractivity contribution < 1.29 is 14.8 Å². The summed E-state index contributed by atoms with van der Waals surface area (Å²) in [5.74, 6) is -0.891. The minimum atomic E-state index is -0.623. The van der Waals surface area contributed by atoms with Gasteiger partial charge in [-0.2, -0.15) is 5.10 Å². The van der Waals surface area contributed by atoms with E-state index in [1.54, 1.807) is 26.0 Å². The number of aromatic hydroxyl groups is 1. The number of non-ortho nitro benzene ring substituents is 1. The smallest absolute Gasteiger partial charge is 0.275 e. The van der Waals surface area contributed by atoms with E-state index in [2.05, 4.69) is 20.8 Å². The molecule has 0 atom stereocenters. The third-order valence-corrected chi connectivity index (χ3v) is 4.29. The molecule has 1 amide bonds. The zero-order valence-electron chi connectivity index (χ0n) is 15.3. The molecule has 3 aromatic rings. The lowest BCUT2D eigenvalue weighted by Crippen LogP contribution is -2.19. The Bertz CT molecular complexity index is 1140. The fourth-order valence-corrected chi connectivity index (χ4v) is 2.76. The quantitative estimate of drug-likeness (QED) is 0.374. The summed E-state index contributed by atoms with van der Waals surface area (Å²) in [6.45, 7) is 3.34. The first-order valence-electron chi connectivity index (χ1n) is 8.28. The van der Waals surface area contributed by atoms with Crippen molar-refractivity contribution in [2.75, 3.05) is 0 Å². The van der Waals surface area contributed by atoms with E-state index in [0.717, 1.165) is 0 Å². The van der Waals surface area contributed by atoms with Crippen LogP contribution in [0.25, 0.3) is 5.69 Å². The summed E-state index contributed by atoms with van der Waals surface area (Å²) >= 11 is 5.75. The predicted octanol–water partition coefficient (Wildman–Crippen LogP) is 3.00. The Hall–Kier alpha value is -3.79. The molecule has 0 unspecified atom stereocenters. The van der Waals surface area contributed by atoms with Gasteiger partial charge in [-0.15, -0.1) is 5.10 Å². The van der Waals surface area contributed by atoms with E-state index in [4.69, 9.17) is 11.6 Å². The monoisotopic (exact) mass is 414 g/mol. The highest BCUT2D eigenvalue weighted by molar-refractivity contribution is 6.30. The van der Waals surface area contributed by atoms with Gasteiger partial charge in [-0.1, -0.05) is 22.9 Å². The number of phenolic OH excluding ortho intramolecular Hbond substituents is 1. The molecular formula is C18H15ClN6O4. The van der Waals surface area contributed by atoms with Crippen LogP contribution in [-0.2, 0) is 0 Å². The number of carbonyl (C=O) groups is 1. The second-order valence-corrected chi connectivity index (χ2v) is 6.45. The van der Waals surface area contributed by atoms with Gasteiger partial charge in [-0.05, 0) is 38.1 Å². The van der Waals surface area contributed by atoms with Crippen LogP contribution in [-0.4, -0.2) is 36.6 Å². The van der Waals surface area contributed by atoms with Gasteiger partial charge in [0.15, 0.2) is 0 Å². The van der Waals surface area contributed by atoms with Crippen molar-refractivity contribution in [1.29, 1.82) is 0 Å². The number of hydrogen-bond donors (Lipinski definition) is 2. The molecule has 0 aliphatic heterocycles. The van der Waals surface area contributed by atoms with Gasteiger partial charge in [0.25, 0.3) is 11.6 Å². The number of carbonyl (C=O) groups excluding carboxylic acids is 1. The molecule has 11 heteroatoms. The van der Waals surface area contributed by atoms with Crippen LogP contribution in [0.2, 0.25) is 5.02 Å².